The number of halogens is 1. The fraction of sp³-hybridized carbons (Fsp3) is 0.391. The van der Waals surface area contributed by atoms with Crippen LogP contribution in [0.5, 0.6) is 11.5 Å². The number of amides is 1. The molecule has 0 aliphatic carbocycles. The molecule has 2 aliphatic rings. The molecule has 2 aromatic rings. The molecule has 0 atom stereocenters. The Morgan fingerprint density at radius 3 is 2.69 bits per heavy atom. The zero-order valence-corrected chi connectivity index (χ0v) is 17.4. The lowest BCUT2D eigenvalue weighted by Crippen LogP contribution is -2.53. The Kier molecular flexibility index (Phi) is 5.26. The Balaban J connectivity index is 1.38. The molecule has 0 unspecified atom stereocenters. The van der Waals surface area contributed by atoms with Crippen LogP contribution in [0.3, 0.4) is 0 Å². The zero-order valence-electron chi connectivity index (χ0n) is 16.7. The largest absolute Gasteiger partial charge is 0.486 e. The van der Waals surface area contributed by atoms with Crippen LogP contribution in [0.25, 0.3) is 0 Å². The summed E-state index contributed by atoms with van der Waals surface area (Å²) in [7, 11) is 0. The molecular formula is C23H24ClNO4. The summed E-state index contributed by atoms with van der Waals surface area (Å²) in [6.07, 6.45) is 1.56. The van der Waals surface area contributed by atoms with Crippen LogP contribution in [0.1, 0.15) is 40.7 Å². The molecule has 0 aromatic heterocycles. The Morgan fingerprint density at radius 1 is 1.21 bits per heavy atom. The Bertz CT molecular complexity index is 963. The number of likely N-dealkylation sites (tertiary alicyclic amines) is 1. The highest BCUT2D eigenvalue weighted by Crippen LogP contribution is 2.41. The summed E-state index contributed by atoms with van der Waals surface area (Å²) < 4.78 is 11.9. The van der Waals surface area contributed by atoms with Crippen molar-refractivity contribution in [2.75, 3.05) is 19.7 Å². The van der Waals surface area contributed by atoms with Gasteiger partial charge in [0.2, 0.25) is 0 Å². The van der Waals surface area contributed by atoms with Crippen molar-refractivity contribution in [2.24, 2.45) is 0 Å². The first kappa shape index (κ1) is 19.8. The number of rotatable bonds is 3. The summed E-state index contributed by atoms with van der Waals surface area (Å²) in [6.45, 7) is 4.98. The number of aryl methyl sites for hydroxylation is 2. The third-order valence-corrected chi connectivity index (χ3v) is 6.16. The molecule has 0 bridgehead atoms. The predicted molar refractivity (Wildman–Crippen MR) is 111 cm³/mol. The van der Waals surface area contributed by atoms with Crippen molar-refractivity contribution >= 4 is 23.3 Å². The van der Waals surface area contributed by atoms with E-state index in [-0.39, 0.29) is 18.3 Å². The molecular weight excluding hydrogens is 390 g/mol. The average molecular weight is 414 g/mol. The third-order valence-electron chi connectivity index (χ3n) is 5.75. The molecule has 5 nitrogen and oxygen atoms in total. The van der Waals surface area contributed by atoms with Gasteiger partial charge in [0.25, 0.3) is 5.91 Å². The van der Waals surface area contributed by atoms with Gasteiger partial charge < -0.3 is 14.4 Å². The van der Waals surface area contributed by atoms with Gasteiger partial charge in [0, 0.05) is 31.0 Å². The van der Waals surface area contributed by atoms with E-state index >= 15 is 0 Å². The zero-order chi connectivity index (χ0) is 20.6. The van der Waals surface area contributed by atoms with Gasteiger partial charge >= 0.3 is 0 Å². The van der Waals surface area contributed by atoms with Crippen molar-refractivity contribution in [1.29, 1.82) is 0 Å². The van der Waals surface area contributed by atoms with E-state index in [1.165, 1.54) is 0 Å². The fourth-order valence-electron chi connectivity index (χ4n) is 4.00. The number of Topliss-reactive ketones (excluding diaryl/α,β-unsaturated/α-hetero) is 1. The predicted octanol–water partition coefficient (Wildman–Crippen LogP) is 4.36. The standard InChI is InChI=1S/C23H24ClNO4/c1-15-4-3-5-17(10-15)28-14-22(27)25-8-6-23(7-9-25)13-20(26)18-12-19(24)16(2)11-21(18)29-23/h3-5,10-12H,6-9,13-14H2,1-2H3. The van der Waals surface area contributed by atoms with E-state index in [0.29, 0.717) is 54.4 Å². The van der Waals surface area contributed by atoms with Crippen LogP contribution in [0.4, 0.5) is 0 Å². The van der Waals surface area contributed by atoms with E-state index in [1.807, 2.05) is 44.2 Å². The van der Waals surface area contributed by atoms with Crippen molar-refractivity contribution < 1.29 is 19.1 Å². The van der Waals surface area contributed by atoms with Crippen molar-refractivity contribution in [3.63, 3.8) is 0 Å². The van der Waals surface area contributed by atoms with E-state index in [9.17, 15) is 9.59 Å². The van der Waals surface area contributed by atoms with Gasteiger partial charge in [0.05, 0.1) is 12.0 Å². The van der Waals surface area contributed by atoms with Crippen LogP contribution >= 0.6 is 11.6 Å². The molecule has 2 aliphatic heterocycles. The third kappa shape index (κ3) is 4.10. The molecule has 0 N–H and O–H groups in total. The second-order valence-corrected chi connectivity index (χ2v) is 8.38. The fourth-order valence-corrected chi connectivity index (χ4v) is 4.16. The molecule has 1 spiro atoms. The molecule has 1 fully saturated rings. The van der Waals surface area contributed by atoms with Gasteiger partial charge in [-0.15, -0.1) is 0 Å². The maximum absolute atomic E-state index is 12.7. The first-order valence-electron chi connectivity index (χ1n) is 9.85. The highest BCUT2D eigenvalue weighted by molar-refractivity contribution is 6.31. The highest BCUT2D eigenvalue weighted by atomic mass is 35.5. The molecule has 6 heteroatoms. The van der Waals surface area contributed by atoms with Crippen molar-refractivity contribution in [3.8, 4) is 11.5 Å². The molecule has 1 amide bonds. The molecule has 4 rings (SSSR count). The van der Waals surface area contributed by atoms with Crippen LogP contribution in [-0.4, -0.2) is 41.9 Å². The van der Waals surface area contributed by atoms with Crippen LogP contribution in [0, 0.1) is 13.8 Å². The van der Waals surface area contributed by atoms with Gasteiger partial charge in [-0.05, 0) is 49.2 Å². The van der Waals surface area contributed by atoms with Crippen molar-refractivity contribution in [2.45, 2.75) is 38.7 Å². The van der Waals surface area contributed by atoms with Gasteiger partial charge in [-0.25, -0.2) is 0 Å². The minimum Gasteiger partial charge on any atom is -0.486 e. The SMILES string of the molecule is Cc1cccc(OCC(=O)N2CCC3(CC2)CC(=O)c2cc(Cl)c(C)cc2O3)c1. The second-order valence-electron chi connectivity index (χ2n) is 7.97. The monoisotopic (exact) mass is 413 g/mol. The number of piperidine rings is 1. The molecule has 0 radical (unpaired) electrons. The number of carbonyl (C=O) groups is 2. The molecule has 152 valence electrons. The quantitative estimate of drug-likeness (QED) is 0.750. The lowest BCUT2D eigenvalue weighted by atomic mass is 9.82. The minimum atomic E-state index is -0.543. The van der Waals surface area contributed by atoms with Gasteiger partial charge in [-0.3, -0.25) is 9.59 Å². The van der Waals surface area contributed by atoms with E-state index in [0.717, 1.165) is 11.1 Å². The van der Waals surface area contributed by atoms with E-state index in [2.05, 4.69) is 0 Å². The number of benzene rings is 2. The number of fused-ring (bicyclic) bond motifs is 1. The Morgan fingerprint density at radius 2 is 1.97 bits per heavy atom. The molecule has 2 aromatic carbocycles. The van der Waals surface area contributed by atoms with Crippen LogP contribution in [-0.2, 0) is 4.79 Å². The number of ketones is 1. The maximum Gasteiger partial charge on any atom is 0.260 e. The van der Waals surface area contributed by atoms with E-state index in [4.69, 9.17) is 21.1 Å². The normalized spacial score (nSPS) is 17.6. The summed E-state index contributed by atoms with van der Waals surface area (Å²) >= 11 is 6.16. The molecule has 2 heterocycles. The summed E-state index contributed by atoms with van der Waals surface area (Å²) in [5.74, 6) is 1.30. The lowest BCUT2D eigenvalue weighted by Gasteiger charge is -2.44. The summed E-state index contributed by atoms with van der Waals surface area (Å²) in [5.41, 5.74) is 1.98. The Hall–Kier alpha value is -2.53. The summed E-state index contributed by atoms with van der Waals surface area (Å²) in [5, 5.41) is 0.575. The van der Waals surface area contributed by atoms with E-state index < -0.39 is 5.60 Å². The topological polar surface area (TPSA) is 55.8 Å². The molecule has 29 heavy (non-hydrogen) atoms. The number of hydrogen-bond donors (Lipinski definition) is 0. The first-order chi connectivity index (χ1) is 13.8. The van der Waals surface area contributed by atoms with Gasteiger partial charge in [-0.2, -0.15) is 0 Å². The lowest BCUT2D eigenvalue weighted by molar-refractivity contribution is -0.136. The summed E-state index contributed by atoms with van der Waals surface area (Å²) in [6, 6.07) is 11.2. The van der Waals surface area contributed by atoms with Crippen LogP contribution in [0.15, 0.2) is 36.4 Å². The van der Waals surface area contributed by atoms with Crippen molar-refractivity contribution in [1.82, 2.24) is 4.90 Å². The second kappa shape index (κ2) is 7.71. The van der Waals surface area contributed by atoms with Crippen LogP contribution in [0.2, 0.25) is 5.02 Å². The molecule has 1 saturated heterocycles. The van der Waals surface area contributed by atoms with Gasteiger partial charge in [-0.1, -0.05) is 23.7 Å². The highest BCUT2D eigenvalue weighted by Gasteiger charge is 2.43. The summed E-state index contributed by atoms with van der Waals surface area (Å²) in [4.78, 5) is 27.0. The smallest absolute Gasteiger partial charge is 0.260 e. The average Bonchev–Trinajstić information content (AvgIpc) is 2.68. The van der Waals surface area contributed by atoms with Gasteiger partial charge in [0.15, 0.2) is 12.4 Å². The minimum absolute atomic E-state index is 0.0107. The maximum atomic E-state index is 12.7. The number of hydrogen-bond acceptors (Lipinski definition) is 4. The van der Waals surface area contributed by atoms with Crippen LogP contribution < -0.4 is 9.47 Å². The molecule has 0 saturated carbocycles. The van der Waals surface area contributed by atoms with E-state index in [1.54, 1.807) is 11.0 Å². The number of carbonyl (C=O) groups excluding carboxylic acids is 2. The van der Waals surface area contributed by atoms with Gasteiger partial charge in [0.1, 0.15) is 17.1 Å². The Labute approximate surface area is 175 Å². The van der Waals surface area contributed by atoms with Crippen molar-refractivity contribution in [3.05, 3.63) is 58.1 Å². The number of nitrogens with zero attached hydrogens (tertiary/aromatic N) is 1. The number of ether oxygens (including phenoxy) is 2. The first-order valence-corrected chi connectivity index (χ1v) is 10.2.